The minimum Gasteiger partial charge on any atom is -0.486 e. The Bertz CT molecular complexity index is 740. The third-order valence-corrected chi connectivity index (χ3v) is 6.74. The molecule has 1 aromatic rings. The van der Waals surface area contributed by atoms with Gasteiger partial charge in [0.1, 0.15) is 11.4 Å². The third-order valence-electron chi connectivity index (χ3n) is 6.74. The average molecular weight is 340 g/mol. The number of ketones is 1. The summed E-state index contributed by atoms with van der Waals surface area (Å²) in [6.07, 6.45) is 2.33. The van der Waals surface area contributed by atoms with Crippen molar-refractivity contribution in [3.8, 4) is 5.75 Å². The monoisotopic (exact) mass is 340 g/mol. The number of fused-ring (bicyclic) bond motifs is 3. The summed E-state index contributed by atoms with van der Waals surface area (Å²) < 4.78 is 6.39. The van der Waals surface area contributed by atoms with Crippen LogP contribution in [0.25, 0.3) is 0 Å². The van der Waals surface area contributed by atoms with Crippen molar-refractivity contribution < 1.29 is 14.3 Å². The Morgan fingerprint density at radius 2 is 1.96 bits per heavy atom. The fourth-order valence-corrected chi connectivity index (χ4v) is 5.34. The second kappa shape index (κ2) is 5.31. The smallest absolute Gasteiger partial charge is 0.226 e. The molecule has 5 rings (SSSR count). The van der Waals surface area contributed by atoms with E-state index in [-0.39, 0.29) is 23.5 Å². The van der Waals surface area contributed by atoms with Gasteiger partial charge in [0, 0.05) is 38.0 Å². The topological polar surface area (TPSA) is 49.9 Å². The van der Waals surface area contributed by atoms with E-state index < -0.39 is 5.60 Å². The van der Waals surface area contributed by atoms with E-state index in [9.17, 15) is 9.59 Å². The number of para-hydroxylation sites is 1. The Morgan fingerprint density at radius 1 is 1.20 bits per heavy atom. The van der Waals surface area contributed by atoms with Crippen LogP contribution in [-0.4, -0.2) is 60.3 Å². The van der Waals surface area contributed by atoms with Crippen LogP contribution in [0.5, 0.6) is 5.75 Å². The molecule has 4 aliphatic rings. The molecule has 2 aliphatic carbocycles. The van der Waals surface area contributed by atoms with Crippen LogP contribution in [0.2, 0.25) is 0 Å². The van der Waals surface area contributed by atoms with Crippen LogP contribution in [0, 0.1) is 17.8 Å². The second-order valence-electron chi connectivity index (χ2n) is 8.15. The van der Waals surface area contributed by atoms with Crippen molar-refractivity contribution in [1.82, 2.24) is 9.80 Å². The first-order valence-corrected chi connectivity index (χ1v) is 9.38. The predicted molar refractivity (Wildman–Crippen MR) is 92.5 cm³/mol. The average Bonchev–Trinajstić information content (AvgIpc) is 3.26. The number of benzene rings is 1. The molecule has 3 fully saturated rings. The molecule has 2 saturated carbocycles. The summed E-state index contributed by atoms with van der Waals surface area (Å²) in [7, 11) is 2.10. The number of hydrogen-bond donors (Lipinski definition) is 0. The molecular weight excluding hydrogens is 316 g/mol. The molecule has 0 bridgehead atoms. The molecule has 25 heavy (non-hydrogen) atoms. The summed E-state index contributed by atoms with van der Waals surface area (Å²) in [4.78, 5) is 29.9. The summed E-state index contributed by atoms with van der Waals surface area (Å²) >= 11 is 0. The highest BCUT2D eigenvalue weighted by Crippen LogP contribution is 2.66. The van der Waals surface area contributed by atoms with Gasteiger partial charge >= 0.3 is 0 Å². The number of nitrogens with zero attached hydrogens (tertiary/aromatic N) is 2. The normalized spacial score (nSPS) is 36.8. The minimum absolute atomic E-state index is 0.0650. The lowest BCUT2D eigenvalue weighted by atomic mass is 9.84. The molecule has 1 amide bonds. The van der Waals surface area contributed by atoms with Gasteiger partial charge in [-0.25, -0.2) is 0 Å². The highest BCUT2D eigenvalue weighted by Gasteiger charge is 2.71. The van der Waals surface area contributed by atoms with E-state index in [0.29, 0.717) is 23.7 Å². The van der Waals surface area contributed by atoms with Crippen LogP contribution >= 0.6 is 0 Å². The van der Waals surface area contributed by atoms with Gasteiger partial charge in [0.25, 0.3) is 0 Å². The number of hydrogen-bond acceptors (Lipinski definition) is 4. The van der Waals surface area contributed by atoms with E-state index in [1.165, 1.54) is 0 Å². The first-order valence-electron chi connectivity index (χ1n) is 9.38. The molecule has 2 aliphatic heterocycles. The van der Waals surface area contributed by atoms with E-state index in [0.717, 1.165) is 39.0 Å². The predicted octanol–water partition coefficient (Wildman–Crippen LogP) is 1.82. The SMILES string of the molecule is CN1CCN(C(=O)[C@@H]2[C@@H]3CC[C@]4(CC(=O)c5ccccc5O4)[C@@H]32)CC1. The Balaban J connectivity index is 1.36. The largest absolute Gasteiger partial charge is 0.486 e. The maximum absolute atomic E-state index is 13.0. The zero-order valence-corrected chi connectivity index (χ0v) is 14.6. The van der Waals surface area contributed by atoms with Crippen molar-refractivity contribution in [2.75, 3.05) is 33.2 Å². The molecule has 1 spiro atoms. The number of amides is 1. The lowest BCUT2D eigenvalue weighted by Gasteiger charge is -2.38. The van der Waals surface area contributed by atoms with Crippen molar-refractivity contribution in [1.29, 1.82) is 0 Å². The van der Waals surface area contributed by atoms with E-state index in [1.54, 1.807) is 0 Å². The summed E-state index contributed by atoms with van der Waals surface area (Å²) in [6.45, 7) is 3.53. The molecule has 2 heterocycles. The van der Waals surface area contributed by atoms with Crippen molar-refractivity contribution >= 4 is 11.7 Å². The van der Waals surface area contributed by atoms with E-state index >= 15 is 0 Å². The van der Waals surface area contributed by atoms with Crippen LogP contribution in [0.3, 0.4) is 0 Å². The molecule has 132 valence electrons. The minimum atomic E-state index is -0.441. The molecule has 4 atom stereocenters. The van der Waals surface area contributed by atoms with Gasteiger partial charge in [0.05, 0.1) is 12.0 Å². The number of carbonyl (C=O) groups excluding carboxylic acids is 2. The highest BCUT2D eigenvalue weighted by molar-refractivity contribution is 6.00. The summed E-state index contributed by atoms with van der Waals surface area (Å²) in [5, 5.41) is 0. The third kappa shape index (κ3) is 2.25. The van der Waals surface area contributed by atoms with Gasteiger partial charge in [-0.05, 0) is 37.9 Å². The fourth-order valence-electron chi connectivity index (χ4n) is 5.34. The summed E-state index contributed by atoms with van der Waals surface area (Å²) in [6, 6.07) is 7.53. The fraction of sp³-hybridized carbons (Fsp3) is 0.600. The first-order chi connectivity index (χ1) is 12.1. The number of rotatable bonds is 1. The lowest BCUT2D eigenvalue weighted by Crippen LogP contribution is -2.49. The molecule has 5 nitrogen and oxygen atoms in total. The highest BCUT2D eigenvalue weighted by atomic mass is 16.5. The standard InChI is InChI=1S/C20H24N2O3/c1-21-8-10-22(11-9-21)19(24)17-14-6-7-20(18(14)17)12-15(23)13-4-2-3-5-16(13)25-20/h2-5,14,17-18H,6-12H2,1H3/t14-,17+,18-,20-/m0/s1. The maximum Gasteiger partial charge on any atom is 0.226 e. The Morgan fingerprint density at radius 3 is 2.76 bits per heavy atom. The van der Waals surface area contributed by atoms with Crippen molar-refractivity contribution in [2.24, 2.45) is 17.8 Å². The Kier molecular flexibility index (Phi) is 3.26. The van der Waals surface area contributed by atoms with Gasteiger partial charge in [-0.15, -0.1) is 0 Å². The van der Waals surface area contributed by atoms with Crippen LogP contribution in [0.4, 0.5) is 0 Å². The molecule has 0 aromatic heterocycles. The zero-order chi connectivity index (χ0) is 17.2. The van der Waals surface area contributed by atoms with Gasteiger partial charge in [0.2, 0.25) is 5.91 Å². The number of Topliss-reactive ketones (excluding diaryl/α,β-unsaturated/α-hetero) is 1. The van der Waals surface area contributed by atoms with Gasteiger partial charge in [0.15, 0.2) is 5.78 Å². The van der Waals surface area contributed by atoms with Gasteiger partial charge < -0.3 is 14.5 Å². The number of piperazine rings is 1. The molecule has 0 N–H and O–H groups in total. The van der Waals surface area contributed by atoms with Gasteiger partial charge in [-0.2, -0.15) is 0 Å². The zero-order valence-electron chi connectivity index (χ0n) is 14.6. The maximum atomic E-state index is 13.0. The van der Waals surface area contributed by atoms with Gasteiger partial charge in [-0.3, -0.25) is 9.59 Å². The number of likely N-dealkylation sites (N-methyl/N-ethyl adjacent to an activating group) is 1. The van der Waals surface area contributed by atoms with Crippen LogP contribution in [-0.2, 0) is 4.79 Å². The number of ether oxygens (including phenoxy) is 1. The number of carbonyl (C=O) groups is 2. The molecule has 1 saturated heterocycles. The lowest BCUT2D eigenvalue weighted by molar-refractivity contribution is -0.136. The van der Waals surface area contributed by atoms with Gasteiger partial charge in [-0.1, -0.05) is 12.1 Å². The Labute approximate surface area is 147 Å². The van der Waals surface area contributed by atoms with E-state index in [2.05, 4.69) is 11.9 Å². The van der Waals surface area contributed by atoms with Crippen molar-refractivity contribution in [3.63, 3.8) is 0 Å². The summed E-state index contributed by atoms with van der Waals surface area (Å²) in [5.41, 5.74) is 0.252. The molecule has 5 heteroatoms. The van der Waals surface area contributed by atoms with Crippen LogP contribution in [0.1, 0.15) is 29.6 Å². The first kappa shape index (κ1) is 15.4. The quantitative estimate of drug-likeness (QED) is 0.782. The molecule has 0 radical (unpaired) electrons. The molecule has 1 aromatic carbocycles. The second-order valence-corrected chi connectivity index (χ2v) is 8.15. The van der Waals surface area contributed by atoms with E-state index in [4.69, 9.17) is 4.74 Å². The Hall–Kier alpha value is -1.88. The van der Waals surface area contributed by atoms with Crippen molar-refractivity contribution in [2.45, 2.75) is 24.9 Å². The molecular formula is C20H24N2O3. The van der Waals surface area contributed by atoms with Crippen molar-refractivity contribution in [3.05, 3.63) is 29.8 Å². The molecule has 0 unspecified atom stereocenters. The summed E-state index contributed by atoms with van der Waals surface area (Å²) in [5.74, 6) is 1.85. The van der Waals surface area contributed by atoms with E-state index in [1.807, 2.05) is 29.2 Å². The van der Waals surface area contributed by atoms with Crippen LogP contribution in [0.15, 0.2) is 24.3 Å². The van der Waals surface area contributed by atoms with Crippen LogP contribution < -0.4 is 4.74 Å².